The van der Waals surface area contributed by atoms with E-state index in [2.05, 4.69) is 0 Å². The van der Waals surface area contributed by atoms with Crippen molar-refractivity contribution in [2.75, 3.05) is 19.8 Å². The number of amides is 1. The third-order valence-electron chi connectivity index (χ3n) is 3.23. The van der Waals surface area contributed by atoms with Crippen molar-refractivity contribution in [1.82, 2.24) is 4.90 Å². The smallest absolute Gasteiger partial charge is 0.410 e. The van der Waals surface area contributed by atoms with Crippen LogP contribution < -0.4 is 0 Å². The standard InChI is InChI=1S/C11H19NO3/c1-2-14-11(13)12-7-8-15-10-6-4-3-5-9(10)12/h9-10H,2-8H2,1H3. The van der Waals surface area contributed by atoms with Crippen molar-refractivity contribution in [1.29, 1.82) is 0 Å². The summed E-state index contributed by atoms with van der Waals surface area (Å²) in [5, 5.41) is 0. The zero-order chi connectivity index (χ0) is 10.7. The van der Waals surface area contributed by atoms with Gasteiger partial charge < -0.3 is 14.4 Å². The molecule has 86 valence electrons. The molecule has 1 aliphatic carbocycles. The summed E-state index contributed by atoms with van der Waals surface area (Å²) in [7, 11) is 0. The molecule has 2 unspecified atom stereocenters. The molecule has 1 amide bonds. The average Bonchev–Trinajstić information content (AvgIpc) is 2.28. The van der Waals surface area contributed by atoms with Crippen molar-refractivity contribution in [3.8, 4) is 0 Å². The molecule has 2 rings (SSSR count). The first-order valence-electron chi connectivity index (χ1n) is 5.88. The molecule has 0 radical (unpaired) electrons. The molecule has 0 bridgehead atoms. The Balaban J connectivity index is 2.00. The van der Waals surface area contributed by atoms with Gasteiger partial charge in [0, 0.05) is 6.54 Å². The van der Waals surface area contributed by atoms with Crippen LogP contribution in [0.25, 0.3) is 0 Å². The minimum atomic E-state index is -0.169. The SMILES string of the molecule is CCOC(=O)N1CCOC2CCCCC21. The Morgan fingerprint density at radius 1 is 1.47 bits per heavy atom. The lowest BCUT2D eigenvalue weighted by Crippen LogP contribution is -2.54. The summed E-state index contributed by atoms with van der Waals surface area (Å²) >= 11 is 0. The van der Waals surface area contributed by atoms with Crippen LogP contribution in [0.5, 0.6) is 0 Å². The zero-order valence-electron chi connectivity index (χ0n) is 9.28. The van der Waals surface area contributed by atoms with E-state index in [0.29, 0.717) is 19.8 Å². The molecule has 1 heterocycles. The van der Waals surface area contributed by atoms with Crippen LogP contribution in [0.3, 0.4) is 0 Å². The lowest BCUT2D eigenvalue weighted by Gasteiger charge is -2.42. The maximum Gasteiger partial charge on any atom is 0.410 e. The lowest BCUT2D eigenvalue weighted by molar-refractivity contribution is -0.0810. The van der Waals surface area contributed by atoms with Gasteiger partial charge in [-0.2, -0.15) is 0 Å². The number of morpholine rings is 1. The normalized spacial score (nSPS) is 30.9. The number of carbonyl (C=O) groups is 1. The Kier molecular flexibility index (Phi) is 3.46. The molecule has 0 aromatic carbocycles. The summed E-state index contributed by atoms with van der Waals surface area (Å²) in [6.07, 6.45) is 4.64. The lowest BCUT2D eigenvalue weighted by atomic mass is 9.90. The van der Waals surface area contributed by atoms with Crippen LogP contribution in [0.4, 0.5) is 4.79 Å². The van der Waals surface area contributed by atoms with E-state index in [4.69, 9.17) is 9.47 Å². The van der Waals surface area contributed by atoms with Gasteiger partial charge >= 0.3 is 6.09 Å². The summed E-state index contributed by atoms with van der Waals surface area (Å²) < 4.78 is 10.8. The van der Waals surface area contributed by atoms with Crippen LogP contribution in [-0.4, -0.2) is 42.9 Å². The second kappa shape index (κ2) is 4.84. The van der Waals surface area contributed by atoms with E-state index < -0.39 is 0 Å². The van der Waals surface area contributed by atoms with Crippen molar-refractivity contribution < 1.29 is 14.3 Å². The fourth-order valence-corrected chi connectivity index (χ4v) is 2.53. The molecule has 4 heteroatoms. The summed E-state index contributed by atoms with van der Waals surface area (Å²) in [5.74, 6) is 0. The highest BCUT2D eigenvalue weighted by molar-refractivity contribution is 5.68. The minimum Gasteiger partial charge on any atom is -0.450 e. The van der Waals surface area contributed by atoms with Gasteiger partial charge in [-0.15, -0.1) is 0 Å². The van der Waals surface area contributed by atoms with E-state index in [-0.39, 0.29) is 18.2 Å². The third kappa shape index (κ3) is 2.25. The van der Waals surface area contributed by atoms with Crippen LogP contribution in [0, 0.1) is 0 Å². The molecule has 2 fully saturated rings. The van der Waals surface area contributed by atoms with Gasteiger partial charge in [0.1, 0.15) is 0 Å². The Morgan fingerprint density at radius 3 is 3.07 bits per heavy atom. The summed E-state index contributed by atoms with van der Waals surface area (Å²) in [5.41, 5.74) is 0. The highest BCUT2D eigenvalue weighted by atomic mass is 16.6. The number of carbonyl (C=O) groups excluding carboxylic acids is 1. The third-order valence-corrected chi connectivity index (χ3v) is 3.23. The maximum atomic E-state index is 11.7. The Morgan fingerprint density at radius 2 is 2.27 bits per heavy atom. The summed E-state index contributed by atoms with van der Waals surface area (Å²) in [6, 6.07) is 0.256. The van der Waals surface area contributed by atoms with Gasteiger partial charge in [0.25, 0.3) is 0 Å². The van der Waals surface area contributed by atoms with Gasteiger partial charge in [-0.1, -0.05) is 12.8 Å². The molecule has 0 aromatic heterocycles. The molecule has 0 aromatic rings. The van der Waals surface area contributed by atoms with Crippen molar-refractivity contribution >= 4 is 6.09 Å². The van der Waals surface area contributed by atoms with Crippen molar-refractivity contribution in [3.05, 3.63) is 0 Å². The largest absolute Gasteiger partial charge is 0.450 e. The molecule has 1 aliphatic heterocycles. The molecule has 1 saturated carbocycles. The van der Waals surface area contributed by atoms with E-state index in [9.17, 15) is 4.79 Å². The Labute approximate surface area is 90.5 Å². The fraction of sp³-hybridized carbons (Fsp3) is 0.909. The molecule has 2 aliphatic rings. The van der Waals surface area contributed by atoms with E-state index in [1.807, 2.05) is 11.8 Å². The molecule has 0 spiro atoms. The quantitative estimate of drug-likeness (QED) is 0.666. The number of nitrogens with zero attached hydrogens (tertiary/aromatic N) is 1. The monoisotopic (exact) mass is 213 g/mol. The zero-order valence-corrected chi connectivity index (χ0v) is 9.28. The second-order valence-electron chi connectivity index (χ2n) is 4.15. The number of rotatable bonds is 1. The first-order valence-corrected chi connectivity index (χ1v) is 5.88. The summed E-state index contributed by atoms with van der Waals surface area (Å²) in [4.78, 5) is 13.6. The van der Waals surface area contributed by atoms with Gasteiger partial charge in [0.05, 0.1) is 25.4 Å². The summed E-state index contributed by atoms with van der Waals surface area (Å²) in [6.45, 7) is 3.63. The predicted octanol–water partition coefficient (Wildman–Crippen LogP) is 1.79. The van der Waals surface area contributed by atoms with Crippen LogP contribution in [-0.2, 0) is 9.47 Å². The topological polar surface area (TPSA) is 38.8 Å². The minimum absolute atomic E-state index is 0.169. The molecular weight excluding hydrogens is 194 g/mol. The number of hydrogen-bond donors (Lipinski definition) is 0. The van der Waals surface area contributed by atoms with E-state index in [1.165, 1.54) is 12.8 Å². The molecule has 1 saturated heterocycles. The van der Waals surface area contributed by atoms with Crippen LogP contribution in [0.1, 0.15) is 32.6 Å². The van der Waals surface area contributed by atoms with Gasteiger partial charge in [0.15, 0.2) is 0 Å². The van der Waals surface area contributed by atoms with Crippen molar-refractivity contribution in [3.63, 3.8) is 0 Å². The Hall–Kier alpha value is -0.770. The number of hydrogen-bond acceptors (Lipinski definition) is 3. The second-order valence-corrected chi connectivity index (χ2v) is 4.15. The van der Waals surface area contributed by atoms with Crippen LogP contribution >= 0.6 is 0 Å². The van der Waals surface area contributed by atoms with Crippen molar-refractivity contribution in [2.45, 2.75) is 44.8 Å². The van der Waals surface area contributed by atoms with Crippen molar-refractivity contribution in [2.24, 2.45) is 0 Å². The first-order chi connectivity index (χ1) is 7.33. The number of fused-ring (bicyclic) bond motifs is 1. The van der Waals surface area contributed by atoms with Gasteiger partial charge in [0.2, 0.25) is 0 Å². The Bertz CT molecular complexity index is 230. The van der Waals surface area contributed by atoms with E-state index >= 15 is 0 Å². The van der Waals surface area contributed by atoms with Gasteiger partial charge in [-0.25, -0.2) is 4.79 Å². The van der Waals surface area contributed by atoms with Gasteiger partial charge in [-0.3, -0.25) is 0 Å². The fourth-order valence-electron chi connectivity index (χ4n) is 2.53. The highest BCUT2D eigenvalue weighted by Crippen LogP contribution is 2.28. The number of ether oxygens (including phenoxy) is 2. The molecule has 4 nitrogen and oxygen atoms in total. The molecule has 2 atom stereocenters. The highest BCUT2D eigenvalue weighted by Gasteiger charge is 2.37. The van der Waals surface area contributed by atoms with Crippen LogP contribution in [0.15, 0.2) is 0 Å². The van der Waals surface area contributed by atoms with E-state index in [0.717, 1.165) is 12.8 Å². The maximum absolute atomic E-state index is 11.7. The average molecular weight is 213 g/mol. The van der Waals surface area contributed by atoms with E-state index in [1.54, 1.807) is 0 Å². The first kappa shape index (κ1) is 10.7. The molecular formula is C11H19NO3. The van der Waals surface area contributed by atoms with Gasteiger partial charge in [-0.05, 0) is 19.8 Å². The predicted molar refractivity (Wildman–Crippen MR) is 55.7 cm³/mol. The molecule has 0 N–H and O–H groups in total. The van der Waals surface area contributed by atoms with Crippen LogP contribution in [0.2, 0.25) is 0 Å². The molecule has 15 heavy (non-hydrogen) atoms.